The summed E-state index contributed by atoms with van der Waals surface area (Å²) in [6.45, 7) is 9.21. The maximum atomic E-state index is 12.3. The number of rotatable bonds is 4. The van der Waals surface area contributed by atoms with E-state index >= 15 is 0 Å². The zero-order valence-corrected chi connectivity index (χ0v) is 11.4. The molecule has 110 valence electrons. The fraction of sp³-hybridized carbons (Fsp3) is 0.429. The van der Waals surface area contributed by atoms with E-state index in [1.807, 2.05) is 0 Å². The molecule has 1 amide bonds. The van der Waals surface area contributed by atoms with Crippen LogP contribution in [0.1, 0.15) is 5.56 Å². The molecule has 2 rings (SSSR count). The van der Waals surface area contributed by atoms with Gasteiger partial charge in [-0.2, -0.15) is 0 Å². The second-order valence-corrected chi connectivity index (χ2v) is 4.71. The highest BCUT2D eigenvalue weighted by atomic mass is 16.6. The molecular weight excluding hydrogens is 274 g/mol. The lowest BCUT2D eigenvalue weighted by Gasteiger charge is -2.26. The van der Waals surface area contributed by atoms with Crippen molar-refractivity contribution in [3.8, 4) is 0 Å². The first-order valence-electron chi connectivity index (χ1n) is 6.58. The van der Waals surface area contributed by atoms with Crippen molar-refractivity contribution in [1.29, 1.82) is 0 Å². The van der Waals surface area contributed by atoms with E-state index in [1.165, 1.54) is 12.1 Å². The van der Waals surface area contributed by atoms with Crippen LogP contribution in [0.4, 0.5) is 5.69 Å². The quantitative estimate of drug-likeness (QED) is 0.475. The lowest BCUT2D eigenvalue weighted by Crippen LogP contribution is -2.45. The van der Waals surface area contributed by atoms with Gasteiger partial charge in [-0.15, -0.1) is 0 Å². The number of non-ortho nitro benzene ring substituents is 1. The zero-order valence-electron chi connectivity index (χ0n) is 11.4. The van der Waals surface area contributed by atoms with Gasteiger partial charge in [0.15, 0.2) is 0 Å². The molecule has 1 fully saturated rings. The molecule has 1 aliphatic rings. The molecule has 1 aromatic rings. The second kappa shape index (κ2) is 6.81. The van der Waals surface area contributed by atoms with Crippen LogP contribution in [0.3, 0.4) is 0 Å². The molecule has 1 saturated heterocycles. The van der Waals surface area contributed by atoms with Gasteiger partial charge in [-0.25, -0.2) is 6.57 Å². The van der Waals surface area contributed by atoms with E-state index in [1.54, 1.807) is 17.0 Å². The number of benzene rings is 1. The number of nitro groups is 1. The van der Waals surface area contributed by atoms with Gasteiger partial charge in [0.25, 0.3) is 5.69 Å². The fourth-order valence-electron chi connectivity index (χ4n) is 2.16. The predicted octanol–water partition coefficient (Wildman–Crippen LogP) is 1.28. The number of hydrogen-bond acceptors (Lipinski definition) is 4. The number of nitro benzene ring substituents is 1. The van der Waals surface area contributed by atoms with Crippen LogP contribution in [-0.4, -0.2) is 48.1 Å². The molecule has 0 aliphatic carbocycles. The van der Waals surface area contributed by atoms with Crippen molar-refractivity contribution in [2.24, 2.45) is 0 Å². The Morgan fingerprint density at radius 2 is 2.00 bits per heavy atom. The summed E-state index contributed by atoms with van der Waals surface area (Å²) in [6.07, 6.45) is 0.262. The van der Waals surface area contributed by atoms with Gasteiger partial charge in [0.2, 0.25) is 0 Å². The van der Waals surface area contributed by atoms with Crippen molar-refractivity contribution in [1.82, 2.24) is 4.90 Å². The molecule has 1 aliphatic heterocycles. The molecule has 0 spiro atoms. The molecule has 7 nitrogen and oxygen atoms in total. The van der Waals surface area contributed by atoms with Gasteiger partial charge in [-0.1, -0.05) is 12.1 Å². The van der Waals surface area contributed by atoms with Gasteiger partial charge < -0.3 is 14.5 Å². The van der Waals surface area contributed by atoms with Crippen molar-refractivity contribution in [3.05, 3.63) is 51.4 Å². The predicted molar refractivity (Wildman–Crippen MR) is 74.6 cm³/mol. The smallest absolute Gasteiger partial charge is 0.306 e. The van der Waals surface area contributed by atoms with E-state index in [0.29, 0.717) is 26.3 Å². The van der Waals surface area contributed by atoms with Crippen molar-refractivity contribution in [2.45, 2.75) is 12.5 Å². The topological polar surface area (TPSA) is 77.0 Å². The van der Waals surface area contributed by atoms with Crippen LogP contribution in [-0.2, 0) is 16.0 Å². The number of carbonyl (C=O) groups excluding carboxylic acids is 1. The highest BCUT2D eigenvalue weighted by Gasteiger charge is 2.30. The second-order valence-electron chi connectivity index (χ2n) is 4.71. The molecule has 1 atom stereocenters. The lowest BCUT2D eigenvalue weighted by atomic mass is 10.0. The fourth-order valence-corrected chi connectivity index (χ4v) is 2.16. The first kappa shape index (κ1) is 14.9. The molecule has 0 N–H and O–H groups in total. The SMILES string of the molecule is [C-]#[N+]C(Cc1ccc([N+](=O)[O-])cc1)C(=O)N1CCOCC1. The summed E-state index contributed by atoms with van der Waals surface area (Å²) in [5.74, 6) is -0.202. The minimum atomic E-state index is -0.787. The Kier molecular flexibility index (Phi) is 4.85. The molecule has 0 radical (unpaired) electrons. The first-order valence-corrected chi connectivity index (χ1v) is 6.58. The van der Waals surface area contributed by atoms with Crippen molar-refractivity contribution in [2.75, 3.05) is 26.3 Å². The maximum absolute atomic E-state index is 12.3. The molecule has 1 aromatic carbocycles. The van der Waals surface area contributed by atoms with Crippen LogP contribution in [0.25, 0.3) is 4.85 Å². The summed E-state index contributed by atoms with van der Waals surface area (Å²) in [5, 5.41) is 10.6. The Labute approximate surface area is 122 Å². The minimum Gasteiger partial charge on any atom is -0.378 e. The Morgan fingerprint density at radius 3 is 2.52 bits per heavy atom. The Balaban J connectivity index is 2.03. The van der Waals surface area contributed by atoms with Gasteiger partial charge in [0, 0.05) is 25.2 Å². The van der Waals surface area contributed by atoms with Crippen LogP contribution in [0, 0.1) is 16.7 Å². The zero-order chi connectivity index (χ0) is 15.2. The number of morpholine rings is 1. The Bertz CT molecular complexity index is 559. The van der Waals surface area contributed by atoms with Crippen molar-refractivity contribution >= 4 is 11.6 Å². The van der Waals surface area contributed by atoms with Crippen LogP contribution in [0.15, 0.2) is 24.3 Å². The van der Waals surface area contributed by atoms with E-state index in [2.05, 4.69) is 4.85 Å². The highest BCUT2D eigenvalue weighted by molar-refractivity contribution is 5.84. The number of amides is 1. The molecule has 7 heteroatoms. The summed E-state index contributed by atoms with van der Waals surface area (Å²) in [4.78, 5) is 27.4. The molecular formula is C14H15N3O4. The summed E-state index contributed by atoms with van der Waals surface area (Å²) in [6, 6.07) is 5.15. The monoisotopic (exact) mass is 289 g/mol. The van der Waals surface area contributed by atoms with Crippen molar-refractivity contribution < 1.29 is 14.5 Å². The maximum Gasteiger partial charge on any atom is 0.306 e. The lowest BCUT2D eigenvalue weighted by molar-refractivity contribution is -0.384. The normalized spacial score (nSPS) is 16.0. The standard InChI is InChI=1S/C14H15N3O4/c1-15-13(14(18)16-6-8-21-9-7-16)10-11-2-4-12(5-3-11)17(19)20/h2-5,13H,6-10H2. The van der Waals surface area contributed by atoms with E-state index in [4.69, 9.17) is 11.3 Å². The molecule has 1 heterocycles. The summed E-state index contributed by atoms with van der Waals surface area (Å²) >= 11 is 0. The molecule has 0 aromatic heterocycles. The van der Waals surface area contributed by atoms with E-state index in [-0.39, 0.29) is 18.0 Å². The number of carbonyl (C=O) groups is 1. The van der Waals surface area contributed by atoms with E-state index in [9.17, 15) is 14.9 Å². The molecule has 0 saturated carbocycles. The largest absolute Gasteiger partial charge is 0.378 e. The van der Waals surface area contributed by atoms with Crippen molar-refractivity contribution in [3.63, 3.8) is 0 Å². The third-order valence-corrected chi connectivity index (χ3v) is 3.34. The van der Waals surface area contributed by atoms with Crippen LogP contribution in [0.5, 0.6) is 0 Å². The third-order valence-electron chi connectivity index (χ3n) is 3.34. The number of nitrogens with zero attached hydrogens (tertiary/aromatic N) is 3. The molecule has 21 heavy (non-hydrogen) atoms. The summed E-state index contributed by atoms with van der Waals surface area (Å²) in [7, 11) is 0. The number of hydrogen-bond donors (Lipinski definition) is 0. The van der Waals surface area contributed by atoms with Gasteiger partial charge in [0.05, 0.1) is 24.6 Å². The van der Waals surface area contributed by atoms with E-state index in [0.717, 1.165) is 5.56 Å². The van der Waals surface area contributed by atoms with Gasteiger partial charge >= 0.3 is 11.9 Å². The van der Waals surface area contributed by atoms with Crippen LogP contribution < -0.4 is 0 Å². The summed E-state index contributed by atoms with van der Waals surface area (Å²) < 4.78 is 5.18. The van der Waals surface area contributed by atoms with Crippen LogP contribution in [0.2, 0.25) is 0 Å². The molecule has 1 unspecified atom stereocenters. The Morgan fingerprint density at radius 1 is 1.38 bits per heavy atom. The number of ether oxygens (including phenoxy) is 1. The first-order chi connectivity index (χ1) is 10.1. The van der Waals surface area contributed by atoms with Gasteiger partial charge in [0.1, 0.15) is 0 Å². The van der Waals surface area contributed by atoms with Gasteiger partial charge in [-0.3, -0.25) is 14.9 Å². The average Bonchev–Trinajstić information content (AvgIpc) is 2.53. The van der Waals surface area contributed by atoms with Gasteiger partial charge in [-0.05, 0) is 5.56 Å². The van der Waals surface area contributed by atoms with E-state index < -0.39 is 11.0 Å². The van der Waals surface area contributed by atoms with Crippen LogP contribution >= 0.6 is 0 Å². The summed E-state index contributed by atoms with van der Waals surface area (Å²) in [5.41, 5.74) is 0.737. The highest BCUT2D eigenvalue weighted by Crippen LogP contribution is 2.15. The Hall–Kier alpha value is -2.46. The molecule has 0 bridgehead atoms. The minimum absolute atomic E-state index is 0.00221. The third kappa shape index (κ3) is 3.77. The average molecular weight is 289 g/mol.